The van der Waals surface area contributed by atoms with E-state index in [2.05, 4.69) is 5.32 Å². The van der Waals surface area contributed by atoms with Crippen molar-refractivity contribution in [2.45, 2.75) is 45.3 Å². The second-order valence-electron chi connectivity index (χ2n) is 5.72. The van der Waals surface area contributed by atoms with E-state index in [1.54, 1.807) is 20.8 Å². The fraction of sp³-hybridized carbons (Fsp3) is 0.833. The van der Waals surface area contributed by atoms with E-state index in [-0.39, 0.29) is 24.3 Å². The van der Waals surface area contributed by atoms with E-state index in [0.717, 1.165) is 0 Å². The van der Waals surface area contributed by atoms with Crippen LogP contribution in [0.3, 0.4) is 0 Å². The molecule has 1 saturated carbocycles. The first-order chi connectivity index (χ1) is 8.19. The maximum atomic E-state index is 11.8. The number of hydrogen-bond donors (Lipinski definition) is 3. The molecule has 0 bridgehead atoms. The molecule has 6 nitrogen and oxygen atoms in total. The Morgan fingerprint density at radius 3 is 2.44 bits per heavy atom. The number of nitrogens with one attached hydrogen (secondary N) is 1. The molecule has 6 heteroatoms. The Morgan fingerprint density at radius 1 is 1.33 bits per heavy atom. The van der Waals surface area contributed by atoms with E-state index >= 15 is 0 Å². The van der Waals surface area contributed by atoms with Gasteiger partial charge in [-0.1, -0.05) is 0 Å². The van der Waals surface area contributed by atoms with E-state index in [1.807, 2.05) is 0 Å². The van der Waals surface area contributed by atoms with E-state index < -0.39 is 17.8 Å². The van der Waals surface area contributed by atoms with Gasteiger partial charge in [0, 0.05) is 12.5 Å². The van der Waals surface area contributed by atoms with Crippen LogP contribution in [-0.4, -0.2) is 40.5 Å². The highest BCUT2D eigenvalue weighted by Crippen LogP contribution is 2.32. The fourth-order valence-electron chi connectivity index (χ4n) is 2.12. The van der Waals surface area contributed by atoms with Gasteiger partial charge in [0.2, 0.25) is 0 Å². The SMILES string of the molecule is CC(C)(C)OC(=O)[C@@H]1C[C@@H](CNC(=O)O)[C@@H](O)C1. The van der Waals surface area contributed by atoms with Crippen molar-refractivity contribution in [3.63, 3.8) is 0 Å². The highest BCUT2D eigenvalue weighted by Gasteiger charge is 2.38. The van der Waals surface area contributed by atoms with Crippen molar-refractivity contribution < 1.29 is 24.5 Å². The third-order valence-electron chi connectivity index (χ3n) is 2.91. The number of carbonyl (C=O) groups excluding carboxylic acids is 1. The van der Waals surface area contributed by atoms with Gasteiger partial charge >= 0.3 is 12.1 Å². The molecule has 104 valence electrons. The summed E-state index contributed by atoms with van der Waals surface area (Å²) < 4.78 is 5.26. The standard InChI is InChI=1S/C12H21NO5/c1-12(2,3)18-10(15)7-4-8(9(14)5-7)6-13-11(16)17/h7-9,13-14H,4-6H2,1-3H3,(H,16,17)/t7-,8+,9+/m1/s1. The third-order valence-corrected chi connectivity index (χ3v) is 2.91. The summed E-state index contributed by atoms with van der Waals surface area (Å²) in [6, 6.07) is 0. The number of carbonyl (C=O) groups is 2. The molecule has 0 radical (unpaired) electrons. The van der Waals surface area contributed by atoms with Crippen LogP contribution in [0.2, 0.25) is 0 Å². The van der Waals surface area contributed by atoms with Crippen LogP contribution in [0.1, 0.15) is 33.6 Å². The lowest BCUT2D eigenvalue weighted by Gasteiger charge is -2.22. The minimum atomic E-state index is -1.12. The van der Waals surface area contributed by atoms with Gasteiger partial charge in [0.05, 0.1) is 12.0 Å². The van der Waals surface area contributed by atoms with Crippen LogP contribution in [0, 0.1) is 11.8 Å². The Hall–Kier alpha value is -1.30. The van der Waals surface area contributed by atoms with Gasteiger partial charge in [-0.15, -0.1) is 0 Å². The van der Waals surface area contributed by atoms with Crippen molar-refractivity contribution in [1.82, 2.24) is 5.32 Å². The van der Waals surface area contributed by atoms with Gasteiger partial charge in [0.15, 0.2) is 0 Å². The Morgan fingerprint density at radius 2 is 1.94 bits per heavy atom. The van der Waals surface area contributed by atoms with Gasteiger partial charge in [-0.25, -0.2) is 4.79 Å². The molecule has 0 spiro atoms. The molecule has 0 aromatic rings. The summed E-state index contributed by atoms with van der Waals surface area (Å²) in [6.45, 7) is 5.54. The lowest BCUT2D eigenvalue weighted by atomic mass is 10.0. The molecule has 3 atom stereocenters. The summed E-state index contributed by atoms with van der Waals surface area (Å²) in [6.07, 6.45) is -0.991. The number of ether oxygens (including phenoxy) is 1. The predicted molar refractivity (Wildman–Crippen MR) is 64.1 cm³/mol. The molecule has 1 fully saturated rings. The van der Waals surface area contributed by atoms with Crippen LogP contribution < -0.4 is 5.32 Å². The van der Waals surface area contributed by atoms with E-state index in [4.69, 9.17) is 9.84 Å². The summed E-state index contributed by atoms with van der Waals surface area (Å²) in [5.41, 5.74) is -0.542. The molecule has 0 aromatic carbocycles. The monoisotopic (exact) mass is 259 g/mol. The van der Waals surface area contributed by atoms with Crippen molar-refractivity contribution in [3.05, 3.63) is 0 Å². The Kier molecular flexibility index (Phi) is 4.56. The molecule has 1 aliphatic carbocycles. The summed E-state index contributed by atoms with van der Waals surface area (Å²) in [5.74, 6) is -0.891. The van der Waals surface area contributed by atoms with Gasteiger partial charge in [0.1, 0.15) is 5.60 Å². The Labute approximate surface area is 106 Å². The number of amides is 1. The van der Waals surface area contributed by atoms with E-state index in [9.17, 15) is 14.7 Å². The summed E-state index contributed by atoms with van der Waals surface area (Å²) in [7, 11) is 0. The largest absolute Gasteiger partial charge is 0.465 e. The minimum absolute atomic E-state index is 0.162. The highest BCUT2D eigenvalue weighted by atomic mass is 16.6. The smallest absolute Gasteiger partial charge is 0.404 e. The molecule has 3 N–H and O–H groups in total. The molecule has 0 aromatic heterocycles. The van der Waals surface area contributed by atoms with E-state index in [0.29, 0.717) is 12.8 Å². The van der Waals surface area contributed by atoms with Crippen molar-refractivity contribution in [2.24, 2.45) is 11.8 Å². The van der Waals surface area contributed by atoms with Crippen molar-refractivity contribution >= 4 is 12.1 Å². The van der Waals surface area contributed by atoms with Crippen LogP contribution in [0.25, 0.3) is 0 Å². The van der Waals surface area contributed by atoms with E-state index in [1.165, 1.54) is 0 Å². The number of rotatable bonds is 3. The molecule has 18 heavy (non-hydrogen) atoms. The number of aliphatic hydroxyl groups excluding tert-OH is 1. The fourth-order valence-corrected chi connectivity index (χ4v) is 2.12. The van der Waals surface area contributed by atoms with Crippen LogP contribution in [0.5, 0.6) is 0 Å². The third kappa shape index (κ3) is 4.52. The zero-order valence-corrected chi connectivity index (χ0v) is 11.0. The van der Waals surface area contributed by atoms with Crippen molar-refractivity contribution in [2.75, 3.05) is 6.54 Å². The van der Waals surface area contributed by atoms with Gasteiger partial charge in [0.25, 0.3) is 0 Å². The molecule has 1 amide bonds. The van der Waals surface area contributed by atoms with Gasteiger partial charge < -0.3 is 20.3 Å². The zero-order valence-electron chi connectivity index (χ0n) is 11.0. The molecule has 1 aliphatic rings. The molecule has 1 rings (SSSR count). The van der Waals surface area contributed by atoms with Gasteiger partial charge in [-0.05, 0) is 33.6 Å². The molecule has 0 saturated heterocycles. The first kappa shape index (κ1) is 14.8. The summed E-state index contributed by atoms with van der Waals surface area (Å²) in [4.78, 5) is 22.2. The topological polar surface area (TPSA) is 95.9 Å². The zero-order chi connectivity index (χ0) is 13.9. The first-order valence-electron chi connectivity index (χ1n) is 6.07. The second-order valence-corrected chi connectivity index (χ2v) is 5.72. The molecule has 0 heterocycles. The maximum absolute atomic E-state index is 11.8. The van der Waals surface area contributed by atoms with Crippen LogP contribution in [0.15, 0.2) is 0 Å². The van der Waals surface area contributed by atoms with Crippen molar-refractivity contribution in [1.29, 1.82) is 0 Å². The number of aliphatic hydroxyl groups is 1. The predicted octanol–water partition coefficient (Wildman–Crippen LogP) is 0.983. The lowest BCUT2D eigenvalue weighted by Crippen LogP contribution is -2.31. The molecular formula is C12H21NO5. The highest BCUT2D eigenvalue weighted by molar-refractivity contribution is 5.73. The summed E-state index contributed by atoms with van der Waals surface area (Å²) in [5, 5.41) is 20.5. The second kappa shape index (κ2) is 5.56. The first-order valence-corrected chi connectivity index (χ1v) is 6.07. The van der Waals surface area contributed by atoms with Gasteiger partial charge in [-0.2, -0.15) is 0 Å². The van der Waals surface area contributed by atoms with Crippen LogP contribution in [0.4, 0.5) is 4.79 Å². The molecular weight excluding hydrogens is 238 g/mol. The maximum Gasteiger partial charge on any atom is 0.404 e. The Balaban J connectivity index is 2.47. The average Bonchev–Trinajstić information content (AvgIpc) is 2.54. The number of carboxylic acid groups (broad SMARTS) is 1. The average molecular weight is 259 g/mol. The Bertz CT molecular complexity index is 323. The molecule has 0 aliphatic heterocycles. The summed E-state index contributed by atoms with van der Waals surface area (Å²) >= 11 is 0. The minimum Gasteiger partial charge on any atom is -0.465 e. The van der Waals surface area contributed by atoms with Gasteiger partial charge in [-0.3, -0.25) is 4.79 Å². The molecule has 0 unspecified atom stereocenters. The normalized spacial score (nSPS) is 27.9. The quantitative estimate of drug-likeness (QED) is 0.657. The van der Waals surface area contributed by atoms with Crippen molar-refractivity contribution in [3.8, 4) is 0 Å². The van der Waals surface area contributed by atoms with Crippen LogP contribution in [-0.2, 0) is 9.53 Å². The van der Waals surface area contributed by atoms with Crippen LogP contribution >= 0.6 is 0 Å². The number of esters is 1. The lowest BCUT2D eigenvalue weighted by molar-refractivity contribution is -0.160. The number of hydrogen-bond acceptors (Lipinski definition) is 4.